The van der Waals surface area contributed by atoms with E-state index in [1.807, 2.05) is 0 Å². The lowest BCUT2D eigenvalue weighted by Gasteiger charge is -2.16. The third kappa shape index (κ3) is 3.85. The molecule has 1 aliphatic rings. The normalized spacial score (nSPS) is 14.2. The van der Waals surface area contributed by atoms with Crippen LogP contribution in [0.5, 0.6) is 0 Å². The molecular formula is C20H15F4N3O2. The number of benzene rings is 2. The van der Waals surface area contributed by atoms with Crippen molar-refractivity contribution in [2.75, 3.05) is 5.43 Å². The highest BCUT2D eigenvalue weighted by Gasteiger charge is 2.36. The molecule has 1 N–H and O–H groups in total. The molecule has 0 saturated heterocycles. The molecular weight excluding hydrogens is 390 g/mol. The van der Waals surface area contributed by atoms with Crippen LogP contribution in [-0.2, 0) is 17.4 Å². The molecule has 1 fully saturated rings. The van der Waals surface area contributed by atoms with Crippen LogP contribution in [0.1, 0.15) is 35.7 Å². The Morgan fingerprint density at radius 2 is 1.90 bits per heavy atom. The summed E-state index contributed by atoms with van der Waals surface area (Å²) >= 11 is 0. The molecule has 0 spiro atoms. The minimum atomic E-state index is -4.66. The maximum absolute atomic E-state index is 13.3. The van der Waals surface area contributed by atoms with Gasteiger partial charge >= 0.3 is 6.18 Å². The van der Waals surface area contributed by atoms with Crippen molar-refractivity contribution in [3.8, 4) is 0 Å². The van der Waals surface area contributed by atoms with Crippen molar-refractivity contribution in [2.45, 2.75) is 31.4 Å². The number of aromatic nitrogens is 2. The van der Waals surface area contributed by atoms with Gasteiger partial charge < -0.3 is 0 Å². The summed E-state index contributed by atoms with van der Waals surface area (Å²) in [6.45, 7) is 0. The van der Waals surface area contributed by atoms with Gasteiger partial charge in [0.25, 0.3) is 5.56 Å². The van der Waals surface area contributed by atoms with Gasteiger partial charge in [-0.2, -0.15) is 13.2 Å². The minimum Gasteiger partial charge on any atom is -0.273 e. The Labute approximate surface area is 162 Å². The first kappa shape index (κ1) is 19.1. The van der Waals surface area contributed by atoms with Crippen molar-refractivity contribution < 1.29 is 22.4 Å². The molecule has 2 aromatic carbocycles. The number of alkyl halides is 3. The lowest BCUT2D eigenvalue weighted by molar-refractivity contribution is -0.136. The summed E-state index contributed by atoms with van der Waals surface area (Å²) in [4.78, 5) is 29.4. The first-order valence-electron chi connectivity index (χ1n) is 8.91. The highest BCUT2D eigenvalue weighted by atomic mass is 19.4. The minimum absolute atomic E-state index is 0.0896. The van der Waals surface area contributed by atoms with Crippen molar-refractivity contribution in [3.05, 3.63) is 75.6 Å². The predicted octanol–water partition coefficient (Wildman–Crippen LogP) is 3.74. The molecule has 0 radical (unpaired) electrons. The van der Waals surface area contributed by atoms with Gasteiger partial charge in [0.1, 0.15) is 11.6 Å². The number of hydrogen-bond acceptors (Lipinski definition) is 3. The van der Waals surface area contributed by atoms with E-state index in [1.165, 1.54) is 24.3 Å². The lowest BCUT2D eigenvalue weighted by Crippen LogP contribution is -2.37. The van der Waals surface area contributed by atoms with Crippen LogP contribution in [-0.4, -0.2) is 15.6 Å². The summed E-state index contributed by atoms with van der Waals surface area (Å²) < 4.78 is 54.2. The second-order valence-electron chi connectivity index (χ2n) is 6.93. The van der Waals surface area contributed by atoms with E-state index in [1.54, 1.807) is 6.07 Å². The van der Waals surface area contributed by atoms with Crippen LogP contribution in [0, 0.1) is 5.82 Å². The zero-order chi connectivity index (χ0) is 20.8. The van der Waals surface area contributed by atoms with Crippen molar-refractivity contribution in [3.63, 3.8) is 0 Å². The van der Waals surface area contributed by atoms with Gasteiger partial charge in [-0.3, -0.25) is 15.0 Å². The Hall–Kier alpha value is -3.23. The summed E-state index contributed by atoms with van der Waals surface area (Å²) in [6, 6.07) is 8.69. The second kappa shape index (κ2) is 6.98. The highest BCUT2D eigenvalue weighted by molar-refractivity contribution is 5.87. The zero-order valence-corrected chi connectivity index (χ0v) is 15.0. The fourth-order valence-electron chi connectivity index (χ4n) is 3.17. The molecule has 150 valence electrons. The van der Waals surface area contributed by atoms with E-state index in [0.29, 0.717) is 18.4 Å². The Morgan fingerprint density at radius 3 is 2.55 bits per heavy atom. The van der Waals surface area contributed by atoms with Crippen LogP contribution < -0.4 is 11.0 Å². The first-order valence-corrected chi connectivity index (χ1v) is 8.91. The Bertz CT molecular complexity index is 1170. The third-order valence-electron chi connectivity index (χ3n) is 4.66. The van der Waals surface area contributed by atoms with E-state index < -0.39 is 34.5 Å². The van der Waals surface area contributed by atoms with Gasteiger partial charge in [-0.25, -0.2) is 14.1 Å². The van der Waals surface area contributed by atoms with E-state index in [-0.39, 0.29) is 23.5 Å². The standard InChI is InChI=1S/C20H15F4N3O2/c21-13-4-1-3-11(9-13)10-16(28)26-27-18(12-7-8-12)25-17-14(19(27)29)5-2-6-15(17)20(22,23)24/h1-6,9,12H,7-8,10H2,(H,26,28). The fraction of sp³-hybridized carbons (Fsp3) is 0.250. The van der Waals surface area contributed by atoms with Gasteiger partial charge in [0.15, 0.2) is 0 Å². The van der Waals surface area contributed by atoms with E-state index in [0.717, 1.165) is 16.8 Å². The Kier molecular flexibility index (Phi) is 4.60. The van der Waals surface area contributed by atoms with E-state index in [2.05, 4.69) is 10.4 Å². The van der Waals surface area contributed by atoms with Crippen LogP contribution in [0.4, 0.5) is 17.6 Å². The average Bonchev–Trinajstić information content (AvgIpc) is 3.47. The molecule has 4 rings (SSSR count). The van der Waals surface area contributed by atoms with Crippen molar-refractivity contribution in [2.24, 2.45) is 0 Å². The molecule has 0 atom stereocenters. The van der Waals surface area contributed by atoms with Gasteiger partial charge in [-0.15, -0.1) is 0 Å². The molecule has 1 aliphatic carbocycles. The number of amides is 1. The maximum atomic E-state index is 13.3. The molecule has 0 unspecified atom stereocenters. The maximum Gasteiger partial charge on any atom is 0.418 e. The predicted molar refractivity (Wildman–Crippen MR) is 97.5 cm³/mol. The van der Waals surface area contributed by atoms with Crippen LogP contribution >= 0.6 is 0 Å². The number of carbonyl (C=O) groups excluding carboxylic acids is 1. The summed E-state index contributed by atoms with van der Waals surface area (Å²) in [6.07, 6.45) is -3.54. The second-order valence-corrected chi connectivity index (χ2v) is 6.93. The smallest absolute Gasteiger partial charge is 0.273 e. The molecule has 0 bridgehead atoms. The van der Waals surface area contributed by atoms with Gasteiger partial charge in [0.2, 0.25) is 5.91 Å². The van der Waals surface area contributed by atoms with Crippen LogP contribution in [0.15, 0.2) is 47.3 Å². The zero-order valence-electron chi connectivity index (χ0n) is 15.0. The molecule has 1 heterocycles. The largest absolute Gasteiger partial charge is 0.418 e. The van der Waals surface area contributed by atoms with Gasteiger partial charge in [0.05, 0.1) is 22.9 Å². The van der Waals surface area contributed by atoms with Gasteiger partial charge in [-0.1, -0.05) is 18.2 Å². The SMILES string of the molecule is O=C(Cc1cccc(F)c1)Nn1c(C2CC2)nc2c(C(F)(F)F)cccc2c1=O. The summed E-state index contributed by atoms with van der Waals surface area (Å²) in [5.41, 5.74) is 0.614. The molecule has 3 aromatic rings. The number of fused-ring (bicyclic) bond motifs is 1. The van der Waals surface area contributed by atoms with Crippen LogP contribution in [0.2, 0.25) is 0 Å². The van der Waals surface area contributed by atoms with Crippen molar-refractivity contribution in [1.82, 2.24) is 9.66 Å². The molecule has 5 nitrogen and oxygen atoms in total. The molecule has 29 heavy (non-hydrogen) atoms. The molecule has 1 saturated carbocycles. The topological polar surface area (TPSA) is 64.0 Å². The summed E-state index contributed by atoms with van der Waals surface area (Å²) in [5.74, 6) is -1.22. The van der Waals surface area contributed by atoms with E-state index in [4.69, 9.17) is 0 Å². The average molecular weight is 405 g/mol. The van der Waals surface area contributed by atoms with Crippen LogP contribution in [0.25, 0.3) is 10.9 Å². The fourth-order valence-corrected chi connectivity index (χ4v) is 3.17. The van der Waals surface area contributed by atoms with Crippen molar-refractivity contribution >= 4 is 16.8 Å². The first-order chi connectivity index (χ1) is 13.7. The molecule has 0 aliphatic heterocycles. The number of nitrogens with one attached hydrogen (secondary N) is 1. The highest BCUT2D eigenvalue weighted by Crippen LogP contribution is 2.40. The molecule has 9 heteroatoms. The Balaban J connectivity index is 1.76. The number of rotatable bonds is 4. The number of nitrogens with zero attached hydrogens (tertiary/aromatic N) is 2. The number of hydrogen-bond donors (Lipinski definition) is 1. The van der Waals surface area contributed by atoms with E-state index >= 15 is 0 Å². The molecule has 1 amide bonds. The van der Waals surface area contributed by atoms with Gasteiger partial charge in [0, 0.05) is 5.92 Å². The quantitative estimate of drug-likeness (QED) is 0.673. The summed E-state index contributed by atoms with van der Waals surface area (Å²) in [5, 5.41) is -0.240. The molecule has 1 aromatic heterocycles. The van der Waals surface area contributed by atoms with Gasteiger partial charge in [-0.05, 0) is 42.7 Å². The number of halogens is 4. The lowest BCUT2D eigenvalue weighted by atomic mass is 10.1. The Morgan fingerprint density at radius 1 is 1.17 bits per heavy atom. The number of carbonyl (C=O) groups is 1. The number of para-hydroxylation sites is 1. The van der Waals surface area contributed by atoms with Crippen molar-refractivity contribution in [1.29, 1.82) is 0 Å². The van der Waals surface area contributed by atoms with E-state index in [9.17, 15) is 27.2 Å². The third-order valence-corrected chi connectivity index (χ3v) is 4.66. The summed E-state index contributed by atoms with van der Waals surface area (Å²) in [7, 11) is 0. The monoisotopic (exact) mass is 405 g/mol. The van der Waals surface area contributed by atoms with Crippen LogP contribution in [0.3, 0.4) is 0 Å².